The molecule has 38 heavy (non-hydrogen) atoms. The standard InChI is InChI=1S/C26H36N8O4/c1-16-6-8-17(9-7-16)24(36)23(26(38)30-21-14-18-4-2-3-5-20(18)32-33-21)31-25(37)19(29)15-22(35)34(12-10-27)13-11-28/h2-6,8,14,19,23-24,36H,7,9-13,15,27-29H2,1H3,(H,31,37)(H,30,33,38)/t19-,23-,24+/m0/s1. The monoisotopic (exact) mass is 524 g/mol. The molecule has 1 aromatic carbocycles. The maximum absolute atomic E-state index is 13.3. The van der Waals surface area contributed by atoms with Crippen molar-refractivity contribution in [3.63, 3.8) is 0 Å². The van der Waals surface area contributed by atoms with Crippen molar-refractivity contribution in [2.24, 2.45) is 17.2 Å². The number of fused-ring (bicyclic) bond motifs is 1. The average molecular weight is 525 g/mol. The van der Waals surface area contributed by atoms with Crippen LogP contribution in [0.1, 0.15) is 26.2 Å². The molecule has 3 rings (SSSR count). The first kappa shape index (κ1) is 28.9. The van der Waals surface area contributed by atoms with E-state index in [-0.39, 0.29) is 44.3 Å². The Kier molecular flexibility index (Phi) is 10.4. The van der Waals surface area contributed by atoms with Gasteiger partial charge in [0.25, 0.3) is 5.91 Å². The Hall–Kier alpha value is -3.71. The lowest BCUT2D eigenvalue weighted by molar-refractivity contribution is -0.135. The Morgan fingerprint density at radius 2 is 1.76 bits per heavy atom. The van der Waals surface area contributed by atoms with Crippen molar-refractivity contribution in [1.82, 2.24) is 20.4 Å². The zero-order chi connectivity index (χ0) is 27.7. The summed E-state index contributed by atoms with van der Waals surface area (Å²) in [5.74, 6) is -1.68. The van der Waals surface area contributed by atoms with Crippen LogP contribution in [0.4, 0.5) is 5.82 Å². The van der Waals surface area contributed by atoms with Crippen molar-refractivity contribution in [2.45, 2.75) is 44.4 Å². The maximum atomic E-state index is 13.3. The largest absolute Gasteiger partial charge is 0.386 e. The van der Waals surface area contributed by atoms with Crippen LogP contribution >= 0.6 is 0 Å². The molecule has 0 unspecified atom stereocenters. The molecular formula is C26H36N8O4. The molecule has 12 nitrogen and oxygen atoms in total. The van der Waals surface area contributed by atoms with Gasteiger partial charge in [0, 0.05) is 31.6 Å². The Bertz CT molecular complexity index is 1210. The predicted octanol–water partition coefficient (Wildman–Crippen LogP) is -0.456. The van der Waals surface area contributed by atoms with Gasteiger partial charge in [-0.05, 0) is 37.5 Å². The van der Waals surface area contributed by atoms with E-state index in [9.17, 15) is 19.5 Å². The molecule has 2 aromatic rings. The second-order valence-corrected chi connectivity index (χ2v) is 9.23. The smallest absolute Gasteiger partial charge is 0.251 e. The first-order valence-electron chi connectivity index (χ1n) is 12.5. The minimum atomic E-state index is -1.39. The average Bonchev–Trinajstić information content (AvgIpc) is 2.91. The van der Waals surface area contributed by atoms with Gasteiger partial charge in [-0.25, -0.2) is 0 Å². The molecule has 1 aliphatic carbocycles. The lowest BCUT2D eigenvalue weighted by Crippen LogP contribution is -2.56. The number of rotatable bonds is 12. The highest BCUT2D eigenvalue weighted by Crippen LogP contribution is 2.23. The van der Waals surface area contributed by atoms with E-state index in [1.54, 1.807) is 18.2 Å². The Morgan fingerprint density at radius 1 is 1.05 bits per heavy atom. The van der Waals surface area contributed by atoms with Crippen molar-refractivity contribution >= 4 is 34.4 Å². The molecule has 0 radical (unpaired) electrons. The number of hydrogen-bond acceptors (Lipinski definition) is 9. The van der Waals surface area contributed by atoms with Gasteiger partial charge in [-0.3, -0.25) is 14.4 Å². The van der Waals surface area contributed by atoms with Gasteiger partial charge in [-0.1, -0.05) is 35.9 Å². The van der Waals surface area contributed by atoms with Crippen molar-refractivity contribution < 1.29 is 19.5 Å². The first-order chi connectivity index (χ1) is 18.2. The minimum absolute atomic E-state index is 0.159. The third-order valence-electron chi connectivity index (χ3n) is 6.29. The highest BCUT2D eigenvalue weighted by molar-refractivity contribution is 5.99. The second kappa shape index (κ2) is 13.7. The fourth-order valence-corrected chi connectivity index (χ4v) is 4.10. The van der Waals surface area contributed by atoms with E-state index < -0.39 is 30.0 Å². The van der Waals surface area contributed by atoms with Crippen molar-refractivity contribution in [3.8, 4) is 0 Å². The van der Waals surface area contributed by atoms with E-state index >= 15 is 0 Å². The molecule has 0 saturated heterocycles. The quantitative estimate of drug-likeness (QED) is 0.212. The number of aliphatic hydroxyl groups excluding tert-OH is 1. The lowest BCUT2D eigenvalue weighted by Gasteiger charge is -2.28. The van der Waals surface area contributed by atoms with Crippen molar-refractivity contribution in [1.29, 1.82) is 0 Å². The molecule has 1 heterocycles. The van der Waals surface area contributed by atoms with Gasteiger partial charge in [0.15, 0.2) is 5.82 Å². The van der Waals surface area contributed by atoms with Gasteiger partial charge in [0.05, 0.1) is 18.0 Å². The van der Waals surface area contributed by atoms with Gasteiger partial charge in [0.2, 0.25) is 11.8 Å². The number of nitrogens with one attached hydrogen (secondary N) is 2. The molecule has 3 atom stereocenters. The normalized spacial score (nSPS) is 15.6. The zero-order valence-electron chi connectivity index (χ0n) is 21.5. The maximum Gasteiger partial charge on any atom is 0.251 e. The van der Waals surface area contributed by atoms with Crippen LogP contribution in [0.3, 0.4) is 0 Å². The molecule has 0 aliphatic heterocycles. The van der Waals surface area contributed by atoms with Crippen molar-refractivity contribution in [2.75, 3.05) is 31.5 Å². The van der Waals surface area contributed by atoms with E-state index in [1.165, 1.54) is 4.90 Å². The van der Waals surface area contributed by atoms with Crippen LogP contribution in [0.5, 0.6) is 0 Å². The van der Waals surface area contributed by atoms with Gasteiger partial charge in [0.1, 0.15) is 12.1 Å². The van der Waals surface area contributed by atoms with Crippen molar-refractivity contribution in [3.05, 3.63) is 53.6 Å². The predicted molar refractivity (Wildman–Crippen MR) is 144 cm³/mol. The molecular weight excluding hydrogens is 488 g/mol. The fraction of sp³-hybridized carbons (Fsp3) is 0.423. The number of amides is 3. The number of anilines is 1. The van der Waals surface area contributed by atoms with E-state index in [4.69, 9.17) is 17.2 Å². The summed E-state index contributed by atoms with van der Waals surface area (Å²) in [7, 11) is 0. The van der Waals surface area contributed by atoms with Crippen LogP contribution in [0.2, 0.25) is 0 Å². The Labute approximate surface area is 221 Å². The summed E-state index contributed by atoms with van der Waals surface area (Å²) < 4.78 is 0. The van der Waals surface area contributed by atoms with E-state index in [1.807, 2.05) is 31.2 Å². The van der Waals surface area contributed by atoms with Crippen LogP contribution in [0, 0.1) is 0 Å². The number of allylic oxidation sites excluding steroid dienone is 3. The Morgan fingerprint density at radius 3 is 2.42 bits per heavy atom. The lowest BCUT2D eigenvalue weighted by atomic mass is 9.91. The van der Waals surface area contributed by atoms with Crippen LogP contribution in [-0.2, 0) is 14.4 Å². The van der Waals surface area contributed by atoms with E-state index in [0.29, 0.717) is 23.9 Å². The number of hydrogen-bond donors (Lipinski definition) is 6. The summed E-state index contributed by atoms with van der Waals surface area (Å²) in [5.41, 5.74) is 19.5. The molecule has 0 spiro atoms. The van der Waals surface area contributed by atoms with Crippen LogP contribution < -0.4 is 27.8 Å². The summed E-state index contributed by atoms with van der Waals surface area (Å²) in [6, 6.07) is 6.26. The molecule has 0 bridgehead atoms. The highest BCUT2D eigenvalue weighted by atomic mass is 16.3. The topological polar surface area (TPSA) is 203 Å². The summed E-state index contributed by atoms with van der Waals surface area (Å²) in [6.45, 7) is 3.01. The van der Waals surface area contributed by atoms with E-state index in [0.717, 1.165) is 11.0 Å². The molecule has 0 saturated carbocycles. The van der Waals surface area contributed by atoms with Crippen LogP contribution in [0.25, 0.3) is 10.9 Å². The third kappa shape index (κ3) is 7.65. The fourth-order valence-electron chi connectivity index (χ4n) is 4.10. The summed E-state index contributed by atoms with van der Waals surface area (Å²) in [6.07, 6.45) is 3.21. The molecule has 12 heteroatoms. The molecule has 0 fully saturated rings. The summed E-state index contributed by atoms with van der Waals surface area (Å²) in [5, 5.41) is 25.2. The number of aliphatic hydroxyl groups is 1. The SMILES string of the molecule is CC1=CC=C([C@@H](O)[C@H](NC(=O)[C@@H](N)CC(=O)N(CCN)CCN)C(=O)Nc2cc3ccccc3nn2)CC1. The number of nitrogens with two attached hydrogens (primary N) is 3. The zero-order valence-corrected chi connectivity index (χ0v) is 21.5. The van der Waals surface area contributed by atoms with Gasteiger partial charge >= 0.3 is 0 Å². The van der Waals surface area contributed by atoms with Gasteiger partial charge < -0.3 is 37.8 Å². The molecule has 3 amide bonds. The van der Waals surface area contributed by atoms with E-state index in [2.05, 4.69) is 20.8 Å². The minimum Gasteiger partial charge on any atom is -0.386 e. The Balaban J connectivity index is 1.78. The van der Waals surface area contributed by atoms with Crippen LogP contribution in [0.15, 0.2) is 53.6 Å². The first-order valence-corrected chi connectivity index (χ1v) is 12.5. The van der Waals surface area contributed by atoms with Crippen LogP contribution in [-0.4, -0.2) is 82.3 Å². The number of carbonyl (C=O) groups excluding carboxylic acids is 3. The number of benzene rings is 1. The second-order valence-electron chi connectivity index (χ2n) is 9.23. The summed E-state index contributed by atoms with van der Waals surface area (Å²) >= 11 is 0. The van der Waals surface area contributed by atoms with Gasteiger partial charge in [-0.15, -0.1) is 10.2 Å². The summed E-state index contributed by atoms with van der Waals surface area (Å²) in [4.78, 5) is 40.4. The number of aromatic nitrogens is 2. The number of nitrogens with zero attached hydrogens (tertiary/aromatic N) is 3. The number of carbonyl (C=O) groups is 3. The molecule has 1 aliphatic rings. The molecule has 1 aromatic heterocycles. The highest BCUT2D eigenvalue weighted by Gasteiger charge is 2.33. The third-order valence-corrected chi connectivity index (χ3v) is 6.29. The molecule has 9 N–H and O–H groups in total. The molecule has 204 valence electrons. The van der Waals surface area contributed by atoms with Gasteiger partial charge in [-0.2, -0.15) is 0 Å².